The Morgan fingerprint density at radius 1 is 1.45 bits per heavy atom. The van der Waals surface area contributed by atoms with Gasteiger partial charge in [0.05, 0.1) is 6.61 Å². The summed E-state index contributed by atoms with van der Waals surface area (Å²) >= 11 is 5.94. The fourth-order valence-electron chi connectivity index (χ4n) is 1.62. The molecule has 5 heteroatoms. The number of aryl methyl sites for hydroxylation is 1. The van der Waals surface area contributed by atoms with E-state index in [2.05, 4.69) is 5.32 Å². The van der Waals surface area contributed by atoms with Gasteiger partial charge in [-0.15, -0.1) is 0 Å². The predicted molar refractivity (Wildman–Crippen MR) is 82.2 cm³/mol. The van der Waals surface area contributed by atoms with E-state index in [1.54, 1.807) is 0 Å². The minimum absolute atomic E-state index is 0.00339. The quantitative estimate of drug-likeness (QED) is 0.761. The van der Waals surface area contributed by atoms with E-state index >= 15 is 0 Å². The standard InChI is InChI=1S/C15H23ClN2O2/c1-11-9-12(6-7-13(11)16)20-8-4-5-14(19)18-15(2,3)10-17/h6-7,9H,4-5,8,10,17H2,1-3H3,(H,18,19). The lowest BCUT2D eigenvalue weighted by atomic mass is 10.1. The predicted octanol–water partition coefficient (Wildman–Crippen LogP) is 2.66. The Morgan fingerprint density at radius 2 is 2.15 bits per heavy atom. The van der Waals surface area contributed by atoms with Gasteiger partial charge in [0.25, 0.3) is 0 Å². The van der Waals surface area contributed by atoms with Gasteiger partial charge in [-0.05, 0) is 51.0 Å². The van der Waals surface area contributed by atoms with E-state index in [0.29, 0.717) is 26.0 Å². The molecule has 1 aromatic carbocycles. The van der Waals surface area contributed by atoms with E-state index < -0.39 is 0 Å². The molecule has 0 radical (unpaired) electrons. The summed E-state index contributed by atoms with van der Waals surface area (Å²) in [6.07, 6.45) is 1.09. The minimum atomic E-state index is -0.356. The van der Waals surface area contributed by atoms with Crippen molar-refractivity contribution >= 4 is 17.5 Å². The Morgan fingerprint density at radius 3 is 2.75 bits per heavy atom. The highest BCUT2D eigenvalue weighted by Crippen LogP contribution is 2.21. The molecule has 1 aromatic rings. The zero-order valence-corrected chi connectivity index (χ0v) is 13.1. The highest BCUT2D eigenvalue weighted by atomic mass is 35.5. The van der Waals surface area contributed by atoms with Crippen LogP contribution in [0.15, 0.2) is 18.2 Å². The highest BCUT2D eigenvalue weighted by molar-refractivity contribution is 6.31. The Balaban J connectivity index is 2.28. The lowest BCUT2D eigenvalue weighted by Crippen LogP contribution is -2.48. The molecular formula is C15H23ClN2O2. The Labute approximate surface area is 125 Å². The van der Waals surface area contributed by atoms with Crippen molar-refractivity contribution in [3.8, 4) is 5.75 Å². The molecular weight excluding hydrogens is 276 g/mol. The van der Waals surface area contributed by atoms with Gasteiger partial charge in [-0.3, -0.25) is 4.79 Å². The molecule has 4 nitrogen and oxygen atoms in total. The number of hydrogen-bond donors (Lipinski definition) is 2. The van der Waals surface area contributed by atoms with Crippen LogP contribution in [0.1, 0.15) is 32.3 Å². The summed E-state index contributed by atoms with van der Waals surface area (Å²) in [7, 11) is 0. The van der Waals surface area contributed by atoms with Crippen LogP contribution in [-0.4, -0.2) is 24.6 Å². The lowest BCUT2D eigenvalue weighted by molar-refractivity contribution is -0.122. The summed E-state index contributed by atoms with van der Waals surface area (Å²) in [6, 6.07) is 5.52. The molecule has 0 aliphatic carbocycles. The summed E-state index contributed by atoms with van der Waals surface area (Å²) in [5, 5.41) is 3.61. The summed E-state index contributed by atoms with van der Waals surface area (Å²) in [4.78, 5) is 11.7. The van der Waals surface area contributed by atoms with Gasteiger partial charge in [0.1, 0.15) is 5.75 Å². The third-order valence-electron chi connectivity index (χ3n) is 2.93. The largest absolute Gasteiger partial charge is 0.494 e. The molecule has 0 unspecified atom stereocenters. The van der Waals surface area contributed by atoms with E-state index in [-0.39, 0.29) is 11.4 Å². The van der Waals surface area contributed by atoms with Crippen LogP contribution in [0, 0.1) is 6.92 Å². The molecule has 0 saturated heterocycles. The minimum Gasteiger partial charge on any atom is -0.494 e. The van der Waals surface area contributed by atoms with E-state index in [9.17, 15) is 4.79 Å². The third kappa shape index (κ3) is 5.80. The normalized spacial score (nSPS) is 11.2. The number of halogens is 1. The first-order chi connectivity index (χ1) is 9.34. The van der Waals surface area contributed by atoms with Crippen molar-refractivity contribution in [3.63, 3.8) is 0 Å². The van der Waals surface area contributed by atoms with E-state index in [0.717, 1.165) is 16.3 Å². The molecule has 1 amide bonds. The Kier molecular flexibility index (Phi) is 6.30. The van der Waals surface area contributed by atoms with Crippen molar-refractivity contribution in [3.05, 3.63) is 28.8 Å². The monoisotopic (exact) mass is 298 g/mol. The molecule has 0 bridgehead atoms. The molecule has 20 heavy (non-hydrogen) atoms. The number of nitrogens with two attached hydrogens (primary N) is 1. The van der Waals surface area contributed by atoms with Crippen LogP contribution in [0.5, 0.6) is 5.75 Å². The maximum Gasteiger partial charge on any atom is 0.220 e. The third-order valence-corrected chi connectivity index (χ3v) is 3.36. The molecule has 0 aliphatic rings. The van der Waals surface area contributed by atoms with Crippen molar-refractivity contribution in [1.29, 1.82) is 0 Å². The molecule has 0 atom stereocenters. The summed E-state index contributed by atoms with van der Waals surface area (Å²) < 4.78 is 5.59. The number of hydrogen-bond acceptors (Lipinski definition) is 3. The van der Waals surface area contributed by atoms with E-state index in [4.69, 9.17) is 22.1 Å². The van der Waals surface area contributed by atoms with Crippen LogP contribution in [0.3, 0.4) is 0 Å². The van der Waals surface area contributed by atoms with Gasteiger partial charge in [0.2, 0.25) is 5.91 Å². The van der Waals surface area contributed by atoms with Crippen molar-refractivity contribution in [2.45, 2.75) is 39.2 Å². The number of benzene rings is 1. The first kappa shape index (κ1) is 16.8. The van der Waals surface area contributed by atoms with Crippen molar-refractivity contribution in [2.24, 2.45) is 5.73 Å². The second kappa shape index (κ2) is 7.50. The van der Waals surface area contributed by atoms with Crippen molar-refractivity contribution in [1.82, 2.24) is 5.32 Å². The zero-order chi connectivity index (χ0) is 15.2. The van der Waals surface area contributed by atoms with Crippen LogP contribution in [0.2, 0.25) is 5.02 Å². The second-order valence-corrected chi connectivity index (χ2v) is 5.91. The maximum atomic E-state index is 11.7. The van der Waals surface area contributed by atoms with Gasteiger partial charge in [-0.25, -0.2) is 0 Å². The SMILES string of the molecule is Cc1cc(OCCCC(=O)NC(C)(C)CN)ccc1Cl. The Bertz CT molecular complexity index is 461. The van der Waals surface area contributed by atoms with Crippen LogP contribution in [0.4, 0.5) is 0 Å². The number of rotatable bonds is 7. The van der Waals surface area contributed by atoms with Gasteiger partial charge in [-0.1, -0.05) is 11.6 Å². The number of carbonyl (C=O) groups is 1. The van der Waals surface area contributed by atoms with Gasteiger partial charge < -0.3 is 15.8 Å². The maximum absolute atomic E-state index is 11.7. The lowest BCUT2D eigenvalue weighted by Gasteiger charge is -2.24. The summed E-state index contributed by atoms with van der Waals surface area (Å²) in [6.45, 7) is 6.64. The van der Waals surface area contributed by atoms with Gasteiger partial charge in [-0.2, -0.15) is 0 Å². The molecule has 0 aromatic heterocycles. The molecule has 3 N–H and O–H groups in total. The van der Waals surface area contributed by atoms with E-state index in [1.165, 1.54) is 0 Å². The molecule has 0 heterocycles. The number of amides is 1. The molecule has 0 saturated carbocycles. The van der Waals surface area contributed by atoms with Gasteiger partial charge in [0, 0.05) is 23.5 Å². The smallest absolute Gasteiger partial charge is 0.220 e. The van der Waals surface area contributed by atoms with Crippen molar-refractivity contribution < 1.29 is 9.53 Å². The zero-order valence-electron chi connectivity index (χ0n) is 12.3. The summed E-state index contributed by atoms with van der Waals surface area (Å²) in [5.74, 6) is 0.769. The Hall–Kier alpha value is -1.26. The molecule has 1 rings (SSSR count). The average molecular weight is 299 g/mol. The van der Waals surface area contributed by atoms with Crippen molar-refractivity contribution in [2.75, 3.05) is 13.2 Å². The average Bonchev–Trinajstić information content (AvgIpc) is 2.38. The molecule has 0 spiro atoms. The first-order valence-corrected chi connectivity index (χ1v) is 7.12. The number of carbonyl (C=O) groups excluding carboxylic acids is 1. The van der Waals surface area contributed by atoms with E-state index in [1.807, 2.05) is 39.0 Å². The van der Waals surface area contributed by atoms with Crippen LogP contribution in [0.25, 0.3) is 0 Å². The highest BCUT2D eigenvalue weighted by Gasteiger charge is 2.17. The molecule has 0 fully saturated rings. The fraction of sp³-hybridized carbons (Fsp3) is 0.533. The van der Waals surface area contributed by atoms with Gasteiger partial charge in [0.15, 0.2) is 0 Å². The molecule has 112 valence electrons. The molecule has 0 aliphatic heterocycles. The van der Waals surface area contributed by atoms with Crippen LogP contribution in [-0.2, 0) is 4.79 Å². The topological polar surface area (TPSA) is 64.3 Å². The van der Waals surface area contributed by atoms with Gasteiger partial charge >= 0.3 is 0 Å². The summed E-state index contributed by atoms with van der Waals surface area (Å²) in [5.41, 5.74) is 6.18. The van der Waals surface area contributed by atoms with Crippen LogP contribution >= 0.6 is 11.6 Å². The first-order valence-electron chi connectivity index (χ1n) is 6.74. The second-order valence-electron chi connectivity index (χ2n) is 5.50. The number of ether oxygens (including phenoxy) is 1. The number of nitrogens with one attached hydrogen (secondary N) is 1. The fourth-order valence-corrected chi connectivity index (χ4v) is 1.74. The van der Waals surface area contributed by atoms with Crippen LogP contribution < -0.4 is 15.8 Å².